The van der Waals surface area contributed by atoms with Crippen LogP contribution < -0.4 is 10.2 Å². The highest BCUT2D eigenvalue weighted by molar-refractivity contribution is 5.78. The highest BCUT2D eigenvalue weighted by Gasteiger charge is 2.26. The van der Waals surface area contributed by atoms with Crippen LogP contribution in [0.1, 0.15) is 18.7 Å². The van der Waals surface area contributed by atoms with Gasteiger partial charge in [0.15, 0.2) is 17.3 Å². The summed E-state index contributed by atoms with van der Waals surface area (Å²) in [5, 5.41) is 25.5. The van der Waals surface area contributed by atoms with Gasteiger partial charge in [0, 0.05) is 24.6 Å². The summed E-state index contributed by atoms with van der Waals surface area (Å²) < 4.78 is 14.4. The van der Waals surface area contributed by atoms with Gasteiger partial charge >= 0.3 is 0 Å². The summed E-state index contributed by atoms with van der Waals surface area (Å²) in [7, 11) is 0. The molecule has 12 heteroatoms. The van der Waals surface area contributed by atoms with Crippen molar-refractivity contribution in [2.45, 2.75) is 19.4 Å². The van der Waals surface area contributed by atoms with Crippen molar-refractivity contribution < 1.29 is 9.18 Å². The largest absolute Gasteiger partial charge is 0.355 e. The molecule has 31 heavy (non-hydrogen) atoms. The van der Waals surface area contributed by atoms with E-state index in [1.807, 2.05) is 12.1 Å². The van der Waals surface area contributed by atoms with Gasteiger partial charge in [0.25, 0.3) is 0 Å². The maximum Gasteiger partial charge on any atom is 0.223 e. The number of halogens is 1. The number of nitrogens with zero attached hydrogens (tertiary/aromatic N) is 8. The van der Waals surface area contributed by atoms with Crippen LogP contribution in [0.25, 0.3) is 17.0 Å². The van der Waals surface area contributed by atoms with Gasteiger partial charge in [-0.2, -0.15) is 5.10 Å². The monoisotopic (exact) mass is 422 g/mol. The predicted octanol–water partition coefficient (Wildman–Crippen LogP) is 0.976. The maximum absolute atomic E-state index is 13.1. The van der Waals surface area contributed by atoms with Gasteiger partial charge in [-0.3, -0.25) is 9.89 Å². The molecule has 4 heterocycles. The number of aromatic nitrogens is 8. The minimum Gasteiger partial charge on any atom is -0.355 e. The van der Waals surface area contributed by atoms with E-state index < -0.39 is 0 Å². The van der Waals surface area contributed by atoms with Crippen molar-refractivity contribution in [1.82, 2.24) is 45.8 Å². The highest BCUT2D eigenvalue weighted by atomic mass is 19.1. The number of carbonyl (C=O) groups excluding carboxylic acids is 1. The Bertz CT molecular complexity index is 1200. The van der Waals surface area contributed by atoms with Crippen LogP contribution in [-0.4, -0.2) is 59.4 Å². The summed E-state index contributed by atoms with van der Waals surface area (Å²) in [6.45, 7) is 1.69. The van der Waals surface area contributed by atoms with Gasteiger partial charge in [-0.15, -0.1) is 14.8 Å². The fourth-order valence-electron chi connectivity index (χ4n) is 3.60. The summed E-state index contributed by atoms with van der Waals surface area (Å²) in [5.41, 5.74) is 1.30. The Kier molecular flexibility index (Phi) is 4.94. The van der Waals surface area contributed by atoms with Crippen molar-refractivity contribution in [3.8, 4) is 11.4 Å². The number of hydrogen-bond donors (Lipinski definition) is 2. The van der Waals surface area contributed by atoms with Gasteiger partial charge in [-0.05, 0) is 59.7 Å². The zero-order chi connectivity index (χ0) is 21.2. The Hall–Kier alpha value is -3.96. The smallest absolute Gasteiger partial charge is 0.223 e. The lowest BCUT2D eigenvalue weighted by atomic mass is 9.96. The number of rotatable bonds is 5. The molecule has 1 saturated heterocycles. The van der Waals surface area contributed by atoms with Crippen molar-refractivity contribution in [3.63, 3.8) is 0 Å². The topological polar surface area (TPSA) is 130 Å². The van der Waals surface area contributed by atoms with Gasteiger partial charge in [0.2, 0.25) is 5.91 Å². The van der Waals surface area contributed by atoms with E-state index in [-0.39, 0.29) is 24.2 Å². The second kappa shape index (κ2) is 8.05. The Labute approximate surface area is 175 Å². The number of benzene rings is 1. The molecule has 2 N–H and O–H groups in total. The van der Waals surface area contributed by atoms with Crippen molar-refractivity contribution in [2.75, 3.05) is 18.0 Å². The number of hydrogen-bond acceptors (Lipinski definition) is 8. The standard InChI is InChI=1S/C19H19FN10O/c20-14-3-1-12(2-4-14)18-22-15(23-25-18)11-21-19(31)13-7-9-29(10-8-13)17-6-5-16-24-27-28-30(16)26-17/h1-6,13H,7-11H2,(H,21,31)(H,22,23,25). The van der Waals surface area contributed by atoms with Crippen molar-refractivity contribution in [1.29, 1.82) is 0 Å². The third-order valence-electron chi connectivity index (χ3n) is 5.31. The molecule has 3 aromatic heterocycles. The highest BCUT2D eigenvalue weighted by Crippen LogP contribution is 2.22. The van der Waals surface area contributed by atoms with Crippen molar-refractivity contribution in [3.05, 3.63) is 48.0 Å². The zero-order valence-corrected chi connectivity index (χ0v) is 16.4. The molecule has 4 aromatic rings. The van der Waals surface area contributed by atoms with E-state index in [0.29, 0.717) is 22.9 Å². The minimum atomic E-state index is -0.315. The molecule has 0 radical (unpaired) electrons. The Morgan fingerprint density at radius 2 is 1.97 bits per heavy atom. The van der Waals surface area contributed by atoms with Crippen LogP contribution in [0.15, 0.2) is 36.4 Å². The Morgan fingerprint density at radius 3 is 2.77 bits per heavy atom. The lowest BCUT2D eigenvalue weighted by molar-refractivity contribution is -0.125. The van der Waals surface area contributed by atoms with E-state index in [2.05, 4.69) is 46.0 Å². The SMILES string of the molecule is O=C(NCc1nc(-c2ccc(F)cc2)n[nH]1)C1CCN(c2ccc3nnnn3n2)CC1. The molecule has 1 amide bonds. The quantitative estimate of drug-likeness (QED) is 0.487. The van der Waals surface area contributed by atoms with Crippen LogP contribution in [0.4, 0.5) is 10.2 Å². The summed E-state index contributed by atoms with van der Waals surface area (Å²) in [6.07, 6.45) is 1.44. The molecule has 0 saturated carbocycles. The van der Waals surface area contributed by atoms with Crippen LogP contribution in [0.2, 0.25) is 0 Å². The average molecular weight is 422 g/mol. The Balaban J connectivity index is 1.14. The third-order valence-corrected chi connectivity index (χ3v) is 5.31. The molecule has 0 unspecified atom stereocenters. The first-order valence-corrected chi connectivity index (χ1v) is 9.91. The summed E-state index contributed by atoms with van der Waals surface area (Å²) in [6, 6.07) is 9.64. The molecule has 158 valence electrons. The van der Waals surface area contributed by atoms with E-state index >= 15 is 0 Å². The first-order valence-electron chi connectivity index (χ1n) is 9.91. The van der Waals surface area contributed by atoms with E-state index in [4.69, 9.17) is 0 Å². The van der Waals surface area contributed by atoms with Crippen LogP contribution in [0, 0.1) is 11.7 Å². The normalized spacial score (nSPS) is 14.8. The molecular formula is C19H19FN10O. The van der Waals surface area contributed by atoms with Gasteiger partial charge < -0.3 is 10.2 Å². The van der Waals surface area contributed by atoms with Crippen molar-refractivity contribution >= 4 is 17.4 Å². The average Bonchev–Trinajstić information content (AvgIpc) is 3.47. The van der Waals surface area contributed by atoms with Gasteiger partial charge in [-0.25, -0.2) is 9.37 Å². The number of nitrogens with one attached hydrogen (secondary N) is 2. The molecule has 1 aliphatic heterocycles. The fraction of sp³-hybridized carbons (Fsp3) is 0.316. The summed E-state index contributed by atoms with van der Waals surface area (Å²) in [4.78, 5) is 19.1. The van der Waals surface area contributed by atoms with Crippen LogP contribution >= 0.6 is 0 Å². The van der Waals surface area contributed by atoms with Crippen LogP contribution in [0.3, 0.4) is 0 Å². The number of amides is 1. The second-order valence-electron chi connectivity index (χ2n) is 7.31. The zero-order valence-electron chi connectivity index (χ0n) is 16.4. The molecule has 11 nitrogen and oxygen atoms in total. The fourth-order valence-corrected chi connectivity index (χ4v) is 3.60. The number of fused-ring (bicyclic) bond motifs is 1. The minimum absolute atomic E-state index is 0.0109. The lowest BCUT2D eigenvalue weighted by Gasteiger charge is -2.31. The Morgan fingerprint density at radius 1 is 1.16 bits per heavy atom. The molecule has 0 atom stereocenters. The maximum atomic E-state index is 13.1. The molecule has 1 fully saturated rings. The number of anilines is 1. The van der Waals surface area contributed by atoms with Crippen LogP contribution in [-0.2, 0) is 11.3 Å². The number of aromatic amines is 1. The molecule has 1 aliphatic rings. The van der Waals surface area contributed by atoms with E-state index in [0.717, 1.165) is 31.7 Å². The molecule has 0 aliphatic carbocycles. The van der Waals surface area contributed by atoms with E-state index in [9.17, 15) is 9.18 Å². The lowest BCUT2D eigenvalue weighted by Crippen LogP contribution is -2.41. The molecular weight excluding hydrogens is 403 g/mol. The van der Waals surface area contributed by atoms with Gasteiger partial charge in [-0.1, -0.05) is 0 Å². The van der Waals surface area contributed by atoms with Gasteiger partial charge in [0.05, 0.1) is 6.54 Å². The molecule has 0 spiro atoms. The number of H-pyrrole nitrogens is 1. The van der Waals surface area contributed by atoms with Crippen LogP contribution in [0.5, 0.6) is 0 Å². The predicted molar refractivity (Wildman–Crippen MR) is 107 cm³/mol. The summed E-state index contributed by atoms with van der Waals surface area (Å²) >= 11 is 0. The number of carbonyl (C=O) groups is 1. The number of piperidine rings is 1. The number of tetrazole rings is 1. The van der Waals surface area contributed by atoms with Crippen molar-refractivity contribution in [2.24, 2.45) is 5.92 Å². The summed E-state index contributed by atoms with van der Waals surface area (Å²) in [5.74, 6) is 1.39. The van der Waals surface area contributed by atoms with Gasteiger partial charge in [0.1, 0.15) is 11.6 Å². The van der Waals surface area contributed by atoms with E-state index in [1.54, 1.807) is 12.1 Å². The molecule has 0 bridgehead atoms. The first-order chi connectivity index (χ1) is 15.2. The molecule has 1 aromatic carbocycles. The molecule has 5 rings (SSSR count). The second-order valence-corrected chi connectivity index (χ2v) is 7.31. The third kappa shape index (κ3) is 4.04. The first kappa shape index (κ1) is 19.0. The van der Waals surface area contributed by atoms with E-state index in [1.165, 1.54) is 16.8 Å².